The van der Waals surface area contributed by atoms with Crippen molar-refractivity contribution in [3.05, 3.63) is 71.8 Å². The Morgan fingerprint density at radius 2 is 1.45 bits per heavy atom. The van der Waals surface area contributed by atoms with Gasteiger partial charge in [-0.2, -0.15) is 10.2 Å². The number of rotatable bonds is 0. The fraction of sp³-hybridized carbons (Fsp3) is 0.300. The Balaban J connectivity index is 1.70. The van der Waals surface area contributed by atoms with Gasteiger partial charge in [-0.3, -0.25) is 0 Å². The lowest BCUT2D eigenvalue weighted by Gasteiger charge is -2.33. The van der Waals surface area contributed by atoms with Gasteiger partial charge in [0.15, 0.2) is 0 Å². The molecule has 2 bridgehead atoms. The number of benzene rings is 2. The largest absolute Gasteiger partial charge is 0.188 e. The molecule has 0 saturated heterocycles. The molecule has 1 fully saturated rings. The lowest BCUT2D eigenvalue weighted by Crippen LogP contribution is -2.37. The molecular weight excluding hydrogens is 268 g/mol. The average molecular weight is 284 g/mol. The molecule has 2 nitrogen and oxygen atoms in total. The van der Waals surface area contributed by atoms with E-state index in [4.69, 9.17) is 10.2 Å². The summed E-state index contributed by atoms with van der Waals surface area (Å²) in [4.78, 5) is 0. The van der Waals surface area contributed by atoms with E-state index in [1.807, 2.05) is 0 Å². The second kappa shape index (κ2) is 3.57. The van der Waals surface area contributed by atoms with Gasteiger partial charge < -0.3 is 0 Å². The first-order valence-corrected chi connectivity index (χ1v) is 8.19. The van der Waals surface area contributed by atoms with Crippen molar-refractivity contribution in [3.8, 4) is 11.1 Å². The topological polar surface area (TPSA) is 24.7 Å². The lowest BCUT2D eigenvalue weighted by atomic mass is 9.70. The second-order valence-electron chi connectivity index (χ2n) is 7.04. The van der Waals surface area contributed by atoms with Crippen molar-refractivity contribution in [1.29, 1.82) is 0 Å². The number of hydrogen-bond acceptors (Lipinski definition) is 2. The van der Waals surface area contributed by atoms with Gasteiger partial charge in [0.1, 0.15) is 5.54 Å². The molecule has 0 radical (unpaired) electrons. The first-order chi connectivity index (χ1) is 10.9. The Morgan fingerprint density at radius 3 is 2.18 bits per heavy atom. The fourth-order valence-corrected chi connectivity index (χ4v) is 5.45. The third-order valence-electron chi connectivity index (χ3n) is 6.21. The monoisotopic (exact) mass is 284 g/mol. The summed E-state index contributed by atoms with van der Waals surface area (Å²) in [6, 6.07) is 18.0. The Bertz CT molecular complexity index is 818. The molecule has 1 saturated carbocycles. The van der Waals surface area contributed by atoms with Gasteiger partial charge in [0.25, 0.3) is 0 Å². The summed E-state index contributed by atoms with van der Waals surface area (Å²) in [5.74, 6) is 1.74. The molecule has 1 heterocycles. The minimum atomic E-state index is -0.234. The average Bonchev–Trinajstić information content (AvgIpc) is 3.31. The minimum absolute atomic E-state index is 0.234. The van der Waals surface area contributed by atoms with Crippen LogP contribution in [-0.2, 0) is 5.54 Å². The molecule has 4 aliphatic rings. The molecular formula is C20H16N2. The Morgan fingerprint density at radius 1 is 0.818 bits per heavy atom. The standard InChI is InChI=1S/C20H16N2/c1-3-7-16-14(5-1)15-6-2-4-8-17(15)20(16)18-12-9-10-13(11-12)19(18)21-22-20/h1-10,12-13,18-19H,11H2/t12-,13-,18+,19+/m0/s1. The third kappa shape index (κ3) is 1.06. The molecule has 0 aromatic heterocycles. The fourth-order valence-electron chi connectivity index (χ4n) is 5.45. The van der Waals surface area contributed by atoms with Gasteiger partial charge in [-0.05, 0) is 34.6 Å². The molecule has 2 heteroatoms. The summed E-state index contributed by atoms with van der Waals surface area (Å²) in [6.45, 7) is 0. The molecule has 22 heavy (non-hydrogen) atoms. The molecule has 2 aromatic rings. The van der Waals surface area contributed by atoms with E-state index in [0.717, 1.165) is 0 Å². The maximum Gasteiger partial charge on any atom is 0.138 e. The molecule has 1 aliphatic heterocycles. The SMILES string of the molecule is C1=C[C@H]2C[C@H]1[C@H]1N=NC3(c4ccccc4-c4ccccc43)[C@@H]12. The second-order valence-corrected chi connectivity index (χ2v) is 7.04. The normalized spacial score (nSPS) is 34.2. The summed E-state index contributed by atoms with van der Waals surface area (Å²) in [5, 5.41) is 9.75. The van der Waals surface area contributed by atoms with Gasteiger partial charge in [-0.25, -0.2) is 0 Å². The zero-order valence-electron chi connectivity index (χ0n) is 12.2. The Kier molecular flexibility index (Phi) is 1.84. The molecule has 2 aromatic carbocycles. The van der Waals surface area contributed by atoms with Crippen LogP contribution in [0.4, 0.5) is 0 Å². The molecule has 6 rings (SSSR count). The van der Waals surface area contributed by atoms with Crippen LogP contribution < -0.4 is 0 Å². The van der Waals surface area contributed by atoms with Crippen molar-refractivity contribution in [1.82, 2.24) is 0 Å². The number of nitrogens with zero attached hydrogens (tertiary/aromatic N) is 2. The number of allylic oxidation sites excluding steroid dienone is 1. The summed E-state index contributed by atoms with van der Waals surface area (Å²) >= 11 is 0. The zero-order valence-corrected chi connectivity index (χ0v) is 12.2. The first-order valence-electron chi connectivity index (χ1n) is 8.19. The molecule has 0 unspecified atom stereocenters. The van der Waals surface area contributed by atoms with Crippen molar-refractivity contribution < 1.29 is 0 Å². The van der Waals surface area contributed by atoms with Gasteiger partial charge in [-0.1, -0.05) is 60.7 Å². The molecule has 4 atom stereocenters. The highest BCUT2D eigenvalue weighted by Crippen LogP contribution is 2.64. The van der Waals surface area contributed by atoms with Crippen molar-refractivity contribution in [3.63, 3.8) is 0 Å². The van der Waals surface area contributed by atoms with Crippen LogP contribution in [0.3, 0.4) is 0 Å². The van der Waals surface area contributed by atoms with Crippen molar-refractivity contribution in [2.75, 3.05) is 0 Å². The zero-order chi connectivity index (χ0) is 14.3. The van der Waals surface area contributed by atoms with E-state index in [-0.39, 0.29) is 5.54 Å². The maximum atomic E-state index is 4.96. The quantitative estimate of drug-likeness (QED) is 0.633. The van der Waals surface area contributed by atoms with Crippen LogP contribution in [0.1, 0.15) is 17.5 Å². The van der Waals surface area contributed by atoms with E-state index in [9.17, 15) is 0 Å². The van der Waals surface area contributed by atoms with E-state index in [2.05, 4.69) is 60.7 Å². The first kappa shape index (κ1) is 11.4. The van der Waals surface area contributed by atoms with E-state index < -0.39 is 0 Å². The third-order valence-corrected chi connectivity index (χ3v) is 6.21. The van der Waals surface area contributed by atoms with Crippen LogP contribution in [-0.4, -0.2) is 6.04 Å². The predicted molar refractivity (Wildman–Crippen MR) is 85.5 cm³/mol. The number of fused-ring (bicyclic) bond motifs is 11. The van der Waals surface area contributed by atoms with Gasteiger partial charge in [0, 0.05) is 11.8 Å². The van der Waals surface area contributed by atoms with Crippen molar-refractivity contribution in [2.45, 2.75) is 18.0 Å². The molecule has 106 valence electrons. The molecule has 0 amide bonds. The van der Waals surface area contributed by atoms with E-state index in [1.165, 1.54) is 28.7 Å². The Labute approximate surface area is 129 Å². The predicted octanol–water partition coefficient (Wildman–Crippen LogP) is 4.57. The summed E-state index contributed by atoms with van der Waals surface area (Å²) in [6.07, 6.45) is 6.06. The highest BCUT2D eigenvalue weighted by molar-refractivity contribution is 5.81. The van der Waals surface area contributed by atoms with Crippen LogP contribution in [0.25, 0.3) is 11.1 Å². The van der Waals surface area contributed by atoms with Crippen LogP contribution in [0.2, 0.25) is 0 Å². The molecule has 3 aliphatic carbocycles. The lowest BCUT2D eigenvalue weighted by molar-refractivity contribution is 0.309. The molecule has 1 spiro atoms. The summed E-state index contributed by atoms with van der Waals surface area (Å²) in [5.41, 5.74) is 5.21. The van der Waals surface area contributed by atoms with Crippen molar-refractivity contribution in [2.24, 2.45) is 28.0 Å². The number of azo groups is 1. The van der Waals surface area contributed by atoms with E-state index in [0.29, 0.717) is 23.8 Å². The summed E-state index contributed by atoms with van der Waals surface area (Å²) in [7, 11) is 0. The van der Waals surface area contributed by atoms with Gasteiger partial charge >= 0.3 is 0 Å². The van der Waals surface area contributed by atoms with Gasteiger partial charge in [-0.15, -0.1) is 0 Å². The highest BCUT2D eigenvalue weighted by Gasteiger charge is 2.62. The number of hydrogen-bond donors (Lipinski definition) is 0. The summed E-state index contributed by atoms with van der Waals surface area (Å²) < 4.78 is 0. The maximum absolute atomic E-state index is 4.96. The van der Waals surface area contributed by atoms with E-state index >= 15 is 0 Å². The van der Waals surface area contributed by atoms with Crippen LogP contribution in [0, 0.1) is 17.8 Å². The van der Waals surface area contributed by atoms with Crippen LogP contribution in [0.5, 0.6) is 0 Å². The van der Waals surface area contributed by atoms with Gasteiger partial charge in [0.2, 0.25) is 0 Å². The van der Waals surface area contributed by atoms with Crippen molar-refractivity contribution >= 4 is 0 Å². The van der Waals surface area contributed by atoms with E-state index in [1.54, 1.807) is 0 Å². The minimum Gasteiger partial charge on any atom is -0.188 e. The smallest absolute Gasteiger partial charge is 0.138 e. The van der Waals surface area contributed by atoms with Gasteiger partial charge in [0.05, 0.1) is 6.04 Å². The van der Waals surface area contributed by atoms with Crippen LogP contribution in [0.15, 0.2) is 70.9 Å². The Hall–Kier alpha value is -2.22. The molecule has 0 N–H and O–H groups in total. The van der Waals surface area contributed by atoms with Crippen LogP contribution >= 0.6 is 0 Å². The highest BCUT2D eigenvalue weighted by atomic mass is 15.2.